The summed E-state index contributed by atoms with van der Waals surface area (Å²) in [6.45, 7) is 9.31. The molecule has 0 rings (SSSR count). The summed E-state index contributed by atoms with van der Waals surface area (Å²) in [7, 11) is -4.08. The molecule has 128 valence electrons. The molecule has 0 radical (unpaired) electrons. The van der Waals surface area contributed by atoms with Gasteiger partial charge in [-0.2, -0.15) is 0 Å². The molecule has 0 aliphatic heterocycles. The topological polar surface area (TPSA) is 74.2 Å². The Kier molecular flexibility index (Phi) is 12.6. The second kappa shape index (κ2) is 12.6. The third-order valence-electron chi connectivity index (χ3n) is 2.62. The van der Waals surface area contributed by atoms with Crippen molar-refractivity contribution in [2.24, 2.45) is 0 Å². The molecule has 0 saturated carbocycles. The Morgan fingerprint density at radius 1 is 0.905 bits per heavy atom. The highest BCUT2D eigenvalue weighted by Gasteiger charge is 2.27. The minimum absolute atomic E-state index is 0.273. The Morgan fingerprint density at radius 2 is 1.29 bits per heavy atom. The number of phosphoric ester groups is 1. The van der Waals surface area contributed by atoms with Crippen LogP contribution in [0.4, 0.5) is 0 Å². The number of ether oxygens (including phenoxy) is 2. The van der Waals surface area contributed by atoms with E-state index in [-0.39, 0.29) is 13.2 Å². The van der Waals surface area contributed by atoms with Crippen molar-refractivity contribution in [2.75, 3.05) is 26.4 Å². The fraction of sp³-hybridized carbons (Fsp3) is 1.00. The number of hydrogen-bond acceptors (Lipinski definition) is 5. The molecule has 0 saturated heterocycles. The maximum absolute atomic E-state index is 11.8. The molecule has 0 aromatic heterocycles. The molecule has 0 heterocycles. The maximum atomic E-state index is 11.8. The smallest absolute Gasteiger partial charge is 0.379 e. The second-order valence-electron chi connectivity index (χ2n) is 5.16. The van der Waals surface area contributed by atoms with E-state index in [4.69, 9.17) is 18.5 Å². The molecular weight excluding hydrogens is 295 g/mol. The second-order valence-corrected chi connectivity index (χ2v) is 6.52. The summed E-state index contributed by atoms with van der Waals surface area (Å²) < 4.78 is 32.5. The van der Waals surface area contributed by atoms with Gasteiger partial charge in [-0.25, -0.2) is 4.57 Å². The van der Waals surface area contributed by atoms with E-state index in [1.54, 1.807) is 13.8 Å². The van der Waals surface area contributed by atoms with Crippen molar-refractivity contribution in [3.05, 3.63) is 0 Å². The highest BCUT2D eigenvalue weighted by molar-refractivity contribution is 7.47. The molecule has 0 spiro atoms. The molecule has 2 unspecified atom stereocenters. The molecule has 0 aromatic rings. The summed E-state index contributed by atoms with van der Waals surface area (Å²) in [5.41, 5.74) is 0. The molecule has 0 bridgehead atoms. The first-order valence-corrected chi connectivity index (χ1v) is 9.25. The average molecular weight is 326 g/mol. The lowest BCUT2D eigenvalue weighted by molar-refractivity contribution is 0.00584. The first-order chi connectivity index (χ1) is 9.91. The van der Waals surface area contributed by atoms with Gasteiger partial charge < -0.3 is 14.4 Å². The average Bonchev–Trinajstić information content (AvgIpc) is 2.38. The zero-order valence-electron chi connectivity index (χ0n) is 13.7. The van der Waals surface area contributed by atoms with Crippen LogP contribution in [0.2, 0.25) is 0 Å². The van der Waals surface area contributed by atoms with Crippen LogP contribution in [-0.2, 0) is 23.1 Å². The van der Waals surface area contributed by atoms with E-state index < -0.39 is 20.0 Å². The predicted molar refractivity (Wildman–Crippen MR) is 82.4 cm³/mol. The van der Waals surface area contributed by atoms with Gasteiger partial charge in [-0.1, -0.05) is 26.7 Å². The quantitative estimate of drug-likeness (QED) is 0.389. The summed E-state index contributed by atoms with van der Waals surface area (Å²) in [5.74, 6) is 0. The zero-order chi connectivity index (χ0) is 16.1. The molecule has 21 heavy (non-hydrogen) atoms. The Morgan fingerprint density at radius 3 is 1.62 bits per heavy atom. The molecule has 0 aromatic carbocycles. The van der Waals surface area contributed by atoms with E-state index >= 15 is 0 Å². The summed E-state index contributed by atoms with van der Waals surface area (Å²) in [4.78, 5) is 9.66. The zero-order valence-corrected chi connectivity index (χ0v) is 14.6. The van der Waals surface area contributed by atoms with Crippen LogP contribution in [-0.4, -0.2) is 43.5 Å². The van der Waals surface area contributed by atoms with Gasteiger partial charge in [0.25, 0.3) is 0 Å². The lowest BCUT2D eigenvalue weighted by Gasteiger charge is -2.20. The van der Waals surface area contributed by atoms with Gasteiger partial charge in [0, 0.05) is 13.2 Å². The normalized spacial score (nSPS) is 17.4. The lowest BCUT2D eigenvalue weighted by atomic mass is 10.4. The predicted octanol–water partition coefficient (Wildman–Crippen LogP) is 3.53. The van der Waals surface area contributed by atoms with Crippen LogP contribution in [0.15, 0.2) is 0 Å². The van der Waals surface area contributed by atoms with E-state index in [1.165, 1.54) is 0 Å². The molecule has 1 N–H and O–H groups in total. The van der Waals surface area contributed by atoms with Crippen molar-refractivity contribution in [3.8, 4) is 0 Å². The van der Waals surface area contributed by atoms with Crippen molar-refractivity contribution in [1.29, 1.82) is 0 Å². The molecule has 0 aliphatic rings. The Balaban J connectivity index is 3.86. The van der Waals surface area contributed by atoms with Crippen molar-refractivity contribution < 1.29 is 28.0 Å². The van der Waals surface area contributed by atoms with E-state index in [9.17, 15) is 9.46 Å². The van der Waals surface area contributed by atoms with Crippen LogP contribution >= 0.6 is 7.82 Å². The fourth-order valence-corrected chi connectivity index (χ4v) is 2.61. The van der Waals surface area contributed by atoms with Gasteiger partial charge in [-0.3, -0.25) is 9.05 Å². The summed E-state index contributed by atoms with van der Waals surface area (Å²) >= 11 is 0. The van der Waals surface area contributed by atoms with Gasteiger partial charge in [-0.05, 0) is 26.7 Å². The standard InChI is InChI=1S/C14H31O6P/c1-5-7-9-17-11-13(3)19-21(15,16)20-14(4)12-18-10-8-6-2/h13-14H,5-12H2,1-4H3,(H,15,16). The molecule has 7 heteroatoms. The summed E-state index contributed by atoms with van der Waals surface area (Å²) in [6, 6.07) is 0. The summed E-state index contributed by atoms with van der Waals surface area (Å²) in [6.07, 6.45) is 3.04. The van der Waals surface area contributed by atoms with E-state index in [1.807, 2.05) is 0 Å². The Bertz CT molecular complexity index is 263. The first kappa shape index (κ1) is 21.0. The van der Waals surface area contributed by atoms with Gasteiger partial charge >= 0.3 is 7.82 Å². The highest BCUT2D eigenvalue weighted by Crippen LogP contribution is 2.45. The Hall–Kier alpha value is 0.0300. The van der Waals surface area contributed by atoms with Crippen LogP contribution in [0.3, 0.4) is 0 Å². The van der Waals surface area contributed by atoms with E-state index in [0.29, 0.717) is 13.2 Å². The van der Waals surface area contributed by atoms with Crippen LogP contribution in [0, 0.1) is 0 Å². The number of rotatable bonds is 14. The third kappa shape index (κ3) is 13.4. The van der Waals surface area contributed by atoms with E-state index in [0.717, 1.165) is 25.7 Å². The highest BCUT2D eigenvalue weighted by atomic mass is 31.2. The van der Waals surface area contributed by atoms with Crippen molar-refractivity contribution in [2.45, 2.75) is 65.6 Å². The Labute approximate surface area is 128 Å². The molecule has 0 amide bonds. The molecule has 0 aliphatic carbocycles. The van der Waals surface area contributed by atoms with Gasteiger partial charge in [0.15, 0.2) is 0 Å². The van der Waals surface area contributed by atoms with Gasteiger partial charge in [0.1, 0.15) is 0 Å². The molecule has 2 atom stereocenters. The lowest BCUT2D eigenvalue weighted by Crippen LogP contribution is -2.20. The van der Waals surface area contributed by atoms with Crippen LogP contribution in [0.25, 0.3) is 0 Å². The SMILES string of the molecule is CCCCOCC(C)OP(=O)(O)OC(C)COCCCC. The van der Waals surface area contributed by atoms with Crippen molar-refractivity contribution in [3.63, 3.8) is 0 Å². The number of hydrogen-bond donors (Lipinski definition) is 1. The molecular formula is C14H31O6P. The monoisotopic (exact) mass is 326 g/mol. The molecule has 0 fully saturated rings. The third-order valence-corrected chi connectivity index (χ3v) is 3.87. The maximum Gasteiger partial charge on any atom is 0.472 e. The van der Waals surface area contributed by atoms with Crippen LogP contribution in [0.5, 0.6) is 0 Å². The van der Waals surface area contributed by atoms with Gasteiger partial charge in [0.2, 0.25) is 0 Å². The largest absolute Gasteiger partial charge is 0.472 e. The summed E-state index contributed by atoms with van der Waals surface area (Å²) in [5, 5.41) is 0. The minimum atomic E-state index is -4.08. The number of unbranched alkanes of at least 4 members (excludes halogenated alkanes) is 2. The number of phosphoric acid groups is 1. The van der Waals surface area contributed by atoms with Crippen molar-refractivity contribution >= 4 is 7.82 Å². The first-order valence-electron chi connectivity index (χ1n) is 7.76. The van der Waals surface area contributed by atoms with Gasteiger partial charge in [-0.15, -0.1) is 0 Å². The van der Waals surface area contributed by atoms with Crippen LogP contribution in [0.1, 0.15) is 53.4 Å². The van der Waals surface area contributed by atoms with E-state index in [2.05, 4.69) is 13.8 Å². The van der Waals surface area contributed by atoms with Crippen molar-refractivity contribution in [1.82, 2.24) is 0 Å². The molecule has 6 nitrogen and oxygen atoms in total. The van der Waals surface area contributed by atoms with Crippen LogP contribution < -0.4 is 0 Å². The fourth-order valence-electron chi connectivity index (χ4n) is 1.53. The minimum Gasteiger partial charge on any atom is -0.379 e. The van der Waals surface area contributed by atoms with Gasteiger partial charge in [0.05, 0.1) is 25.4 Å².